The first kappa shape index (κ1) is 19.2. The third-order valence-electron chi connectivity index (χ3n) is 3.61. The second-order valence-electron chi connectivity index (χ2n) is 5.49. The lowest BCUT2D eigenvalue weighted by atomic mass is 10.3. The molecule has 27 heavy (non-hydrogen) atoms. The molecule has 0 saturated carbocycles. The van der Waals surface area contributed by atoms with Gasteiger partial charge < -0.3 is 0 Å². The van der Waals surface area contributed by atoms with Crippen LogP contribution in [0.1, 0.15) is 6.42 Å². The number of para-hydroxylation sites is 1. The number of nitrogens with zero attached hydrogens (tertiary/aromatic N) is 3. The number of amides is 2. The number of benzene rings is 2. The van der Waals surface area contributed by atoms with Gasteiger partial charge in [-0.2, -0.15) is 5.26 Å². The van der Waals surface area contributed by atoms with Crippen LogP contribution in [0.4, 0.5) is 11.4 Å². The van der Waals surface area contributed by atoms with Gasteiger partial charge in [-0.15, -0.1) is 0 Å². The molecule has 136 valence electrons. The zero-order chi connectivity index (χ0) is 19.4. The number of carbonyl (C=O) groups is 2. The van der Waals surface area contributed by atoms with Crippen molar-refractivity contribution in [1.82, 2.24) is 5.32 Å². The Balaban J connectivity index is 1.83. The third kappa shape index (κ3) is 4.61. The summed E-state index contributed by atoms with van der Waals surface area (Å²) in [5.74, 6) is -0.782. The van der Waals surface area contributed by atoms with E-state index in [1.807, 2.05) is 18.2 Å². The maximum absolute atomic E-state index is 12.8. The predicted octanol–water partition coefficient (Wildman–Crippen LogP) is 4.12. The Bertz CT molecular complexity index is 939. The molecule has 1 fully saturated rings. The number of thioether (sulfide) groups is 1. The van der Waals surface area contributed by atoms with Crippen LogP contribution >= 0.6 is 35.0 Å². The first-order valence-corrected chi connectivity index (χ1v) is 9.40. The maximum atomic E-state index is 12.8. The number of halogens is 2. The Morgan fingerprint density at radius 3 is 2.48 bits per heavy atom. The molecule has 1 aliphatic heterocycles. The van der Waals surface area contributed by atoms with Crippen molar-refractivity contribution in [2.24, 2.45) is 4.99 Å². The van der Waals surface area contributed by atoms with E-state index in [1.54, 1.807) is 18.3 Å². The van der Waals surface area contributed by atoms with Gasteiger partial charge in [0.15, 0.2) is 11.4 Å². The van der Waals surface area contributed by atoms with Gasteiger partial charge in [0.05, 0.1) is 11.4 Å². The summed E-state index contributed by atoms with van der Waals surface area (Å²) in [6.07, 6.45) is 1.78. The lowest BCUT2D eigenvalue weighted by Crippen LogP contribution is -2.32. The Morgan fingerprint density at radius 2 is 1.85 bits per heavy atom. The van der Waals surface area contributed by atoms with Crippen LogP contribution in [0.15, 0.2) is 53.5 Å². The smallest absolute Gasteiger partial charge is 0.247 e. The summed E-state index contributed by atoms with van der Waals surface area (Å²) in [4.78, 5) is 30.5. The molecule has 1 aliphatic rings. The number of aliphatic imine (C=N–C) groups is 1. The summed E-state index contributed by atoms with van der Waals surface area (Å²) in [7, 11) is 0. The van der Waals surface area contributed by atoms with Gasteiger partial charge in [0.25, 0.3) is 0 Å². The molecule has 2 amide bonds. The minimum Gasteiger partial charge on any atom is -0.274 e. The zero-order valence-corrected chi connectivity index (χ0v) is 16.1. The molecule has 1 saturated heterocycles. The molecule has 0 bridgehead atoms. The van der Waals surface area contributed by atoms with Crippen LogP contribution in [0.25, 0.3) is 0 Å². The standard InChI is InChI=1S/C18H12Cl2N4O2S/c19-11-6-12(20)8-14(7-11)24-16(25)9-15(17(24)26)27-18(22-10-21)23-13-4-2-1-3-5-13/h1-8,15H,9H2,(H,22,23)/t15-/m0/s1. The van der Waals surface area contributed by atoms with Crippen LogP contribution in [-0.4, -0.2) is 22.2 Å². The highest BCUT2D eigenvalue weighted by atomic mass is 35.5. The number of amidine groups is 1. The molecule has 1 atom stereocenters. The van der Waals surface area contributed by atoms with E-state index in [0.29, 0.717) is 21.4 Å². The summed E-state index contributed by atoms with van der Waals surface area (Å²) in [5, 5.41) is 11.6. The van der Waals surface area contributed by atoms with E-state index < -0.39 is 11.2 Å². The Hall–Kier alpha value is -2.53. The van der Waals surface area contributed by atoms with Crippen molar-refractivity contribution in [2.45, 2.75) is 11.7 Å². The third-order valence-corrected chi connectivity index (χ3v) is 5.12. The molecule has 0 aromatic heterocycles. The van der Waals surface area contributed by atoms with Crippen molar-refractivity contribution in [1.29, 1.82) is 5.26 Å². The summed E-state index contributed by atoms with van der Waals surface area (Å²) < 4.78 is 0. The second kappa shape index (κ2) is 8.44. The molecular formula is C18H12Cl2N4O2S. The topological polar surface area (TPSA) is 85.6 Å². The first-order chi connectivity index (χ1) is 13.0. The number of nitrogens with one attached hydrogen (secondary N) is 1. The van der Waals surface area contributed by atoms with Crippen LogP contribution in [0, 0.1) is 11.5 Å². The molecule has 1 N–H and O–H groups in total. The highest BCUT2D eigenvalue weighted by molar-refractivity contribution is 8.15. The fourth-order valence-electron chi connectivity index (χ4n) is 2.52. The number of hydrogen-bond acceptors (Lipinski definition) is 5. The van der Waals surface area contributed by atoms with Gasteiger partial charge in [0.1, 0.15) is 5.25 Å². The normalized spacial score (nSPS) is 17.1. The molecular weight excluding hydrogens is 407 g/mol. The number of hydrogen-bond donors (Lipinski definition) is 1. The number of imide groups is 1. The average molecular weight is 419 g/mol. The van der Waals surface area contributed by atoms with Crippen molar-refractivity contribution in [3.05, 3.63) is 58.6 Å². The average Bonchev–Trinajstić information content (AvgIpc) is 2.88. The molecule has 2 aromatic rings. The zero-order valence-electron chi connectivity index (χ0n) is 13.7. The van der Waals surface area contributed by atoms with Crippen LogP contribution in [0.2, 0.25) is 10.0 Å². The highest BCUT2D eigenvalue weighted by Gasteiger charge is 2.41. The SMILES string of the molecule is N#CNC(=Nc1ccccc1)S[C@H]1CC(=O)N(c2cc(Cl)cc(Cl)c2)C1=O. The minimum atomic E-state index is -0.710. The lowest BCUT2D eigenvalue weighted by Gasteiger charge is -2.15. The molecule has 9 heteroatoms. The molecule has 0 aliphatic carbocycles. The lowest BCUT2D eigenvalue weighted by molar-refractivity contribution is -0.121. The van der Waals surface area contributed by atoms with Crippen molar-refractivity contribution >= 4 is 63.3 Å². The summed E-state index contributed by atoms with van der Waals surface area (Å²) >= 11 is 13.0. The van der Waals surface area contributed by atoms with Gasteiger partial charge in [-0.25, -0.2) is 9.89 Å². The largest absolute Gasteiger partial charge is 0.274 e. The molecule has 6 nitrogen and oxygen atoms in total. The fourth-order valence-corrected chi connectivity index (χ4v) is 4.00. The van der Waals surface area contributed by atoms with Gasteiger partial charge in [-0.05, 0) is 30.3 Å². The van der Waals surface area contributed by atoms with E-state index in [1.165, 1.54) is 18.2 Å². The van der Waals surface area contributed by atoms with Crippen LogP contribution in [0.3, 0.4) is 0 Å². The van der Waals surface area contributed by atoms with Gasteiger partial charge in [-0.3, -0.25) is 14.9 Å². The first-order valence-electron chi connectivity index (χ1n) is 7.76. The number of anilines is 1. The number of carbonyl (C=O) groups excluding carboxylic acids is 2. The fraction of sp³-hybridized carbons (Fsp3) is 0.111. The Morgan fingerprint density at radius 1 is 1.19 bits per heavy atom. The monoisotopic (exact) mass is 418 g/mol. The number of nitriles is 1. The molecule has 0 spiro atoms. The van der Waals surface area contributed by atoms with E-state index in [9.17, 15) is 9.59 Å². The second-order valence-corrected chi connectivity index (χ2v) is 7.56. The Kier molecular flexibility index (Phi) is 6.01. The van der Waals surface area contributed by atoms with E-state index >= 15 is 0 Å². The predicted molar refractivity (Wildman–Crippen MR) is 107 cm³/mol. The van der Waals surface area contributed by atoms with Crippen LogP contribution in [-0.2, 0) is 9.59 Å². The van der Waals surface area contributed by atoms with E-state index in [4.69, 9.17) is 28.5 Å². The van der Waals surface area contributed by atoms with Crippen molar-refractivity contribution in [2.75, 3.05) is 4.90 Å². The van der Waals surface area contributed by atoms with Crippen LogP contribution in [0.5, 0.6) is 0 Å². The van der Waals surface area contributed by atoms with E-state index in [-0.39, 0.29) is 17.5 Å². The van der Waals surface area contributed by atoms with Crippen molar-refractivity contribution < 1.29 is 9.59 Å². The van der Waals surface area contributed by atoms with Gasteiger partial charge in [0.2, 0.25) is 11.8 Å². The quantitative estimate of drug-likeness (QED) is 0.266. The highest BCUT2D eigenvalue weighted by Crippen LogP contribution is 2.33. The molecule has 2 aromatic carbocycles. The van der Waals surface area contributed by atoms with Crippen molar-refractivity contribution in [3.63, 3.8) is 0 Å². The van der Waals surface area contributed by atoms with E-state index in [0.717, 1.165) is 16.7 Å². The molecule has 3 rings (SSSR count). The van der Waals surface area contributed by atoms with Gasteiger partial charge >= 0.3 is 0 Å². The van der Waals surface area contributed by atoms with Crippen LogP contribution < -0.4 is 10.2 Å². The number of rotatable bonds is 3. The summed E-state index contributed by atoms with van der Waals surface area (Å²) in [6.45, 7) is 0. The molecule has 0 unspecified atom stereocenters. The van der Waals surface area contributed by atoms with Gasteiger partial charge in [0, 0.05) is 16.5 Å². The summed E-state index contributed by atoms with van der Waals surface area (Å²) in [5.41, 5.74) is 0.943. The van der Waals surface area contributed by atoms with Crippen molar-refractivity contribution in [3.8, 4) is 6.19 Å². The Labute approximate surface area is 169 Å². The van der Waals surface area contributed by atoms with Gasteiger partial charge in [-0.1, -0.05) is 53.2 Å². The minimum absolute atomic E-state index is 0.0193. The molecule has 1 heterocycles. The van der Waals surface area contributed by atoms with E-state index in [2.05, 4.69) is 10.3 Å². The maximum Gasteiger partial charge on any atom is 0.247 e. The molecule has 0 radical (unpaired) electrons. The summed E-state index contributed by atoms with van der Waals surface area (Å²) in [6, 6.07) is 13.5.